The van der Waals surface area contributed by atoms with E-state index in [2.05, 4.69) is 10.6 Å². The summed E-state index contributed by atoms with van der Waals surface area (Å²) in [7, 11) is 0. The first kappa shape index (κ1) is 17.5. The molecule has 132 valence electrons. The molecular formula is C20H24N2O3. The van der Waals surface area contributed by atoms with Crippen molar-refractivity contribution in [2.75, 3.05) is 26.3 Å². The fraction of sp³-hybridized carbons (Fsp3) is 0.350. The Labute approximate surface area is 148 Å². The summed E-state index contributed by atoms with van der Waals surface area (Å²) in [6.07, 6.45) is -0.456. The first-order valence-electron chi connectivity index (χ1n) is 8.68. The number of morpholine rings is 1. The SMILES string of the molecule is CCOc1ccc([C@H](NC(=O)[C@H]2CNCCO2)c2ccccc2)cc1. The minimum Gasteiger partial charge on any atom is -0.494 e. The van der Waals surface area contributed by atoms with Gasteiger partial charge in [0.25, 0.3) is 5.91 Å². The molecule has 0 aliphatic carbocycles. The Morgan fingerprint density at radius 3 is 2.56 bits per heavy atom. The Bertz CT molecular complexity index is 667. The zero-order valence-corrected chi connectivity index (χ0v) is 14.4. The molecule has 1 aliphatic heterocycles. The predicted octanol–water partition coefficient (Wildman–Crippen LogP) is 2.28. The third kappa shape index (κ3) is 4.59. The highest BCUT2D eigenvalue weighted by Crippen LogP contribution is 2.24. The van der Waals surface area contributed by atoms with Gasteiger partial charge in [-0.3, -0.25) is 4.79 Å². The van der Waals surface area contributed by atoms with Crippen LogP contribution in [-0.4, -0.2) is 38.3 Å². The lowest BCUT2D eigenvalue weighted by Gasteiger charge is -2.26. The van der Waals surface area contributed by atoms with Gasteiger partial charge in [0.05, 0.1) is 19.3 Å². The van der Waals surface area contributed by atoms with Gasteiger partial charge in [-0.15, -0.1) is 0 Å². The summed E-state index contributed by atoms with van der Waals surface area (Å²) in [5, 5.41) is 6.31. The lowest BCUT2D eigenvalue weighted by Crippen LogP contribution is -2.48. The molecule has 1 fully saturated rings. The standard InChI is InChI=1S/C20H24N2O3/c1-2-24-17-10-8-16(9-11-17)19(15-6-4-3-5-7-15)22-20(23)18-14-21-12-13-25-18/h3-11,18-19,21H,2,12-14H2,1H3,(H,22,23)/t18-,19-/m1/s1. The van der Waals surface area contributed by atoms with Gasteiger partial charge < -0.3 is 20.1 Å². The highest BCUT2D eigenvalue weighted by molar-refractivity contribution is 5.82. The second-order valence-corrected chi connectivity index (χ2v) is 5.92. The van der Waals surface area contributed by atoms with Crippen LogP contribution >= 0.6 is 0 Å². The highest BCUT2D eigenvalue weighted by Gasteiger charge is 2.25. The molecule has 5 nitrogen and oxygen atoms in total. The number of ether oxygens (including phenoxy) is 2. The van der Waals surface area contributed by atoms with E-state index in [1.54, 1.807) is 0 Å². The number of hydrogen-bond donors (Lipinski definition) is 2. The molecule has 1 saturated heterocycles. The summed E-state index contributed by atoms with van der Waals surface area (Å²) in [6, 6.07) is 17.6. The number of rotatable bonds is 6. The van der Waals surface area contributed by atoms with Crippen molar-refractivity contribution in [2.24, 2.45) is 0 Å². The molecule has 2 aromatic rings. The van der Waals surface area contributed by atoms with E-state index in [0.717, 1.165) is 23.4 Å². The molecule has 1 heterocycles. The molecule has 2 N–H and O–H groups in total. The lowest BCUT2D eigenvalue weighted by molar-refractivity contribution is -0.134. The van der Waals surface area contributed by atoms with Gasteiger partial charge in [0.2, 0.25) is 0 Å². The summed E-state index contributed by atoms with van der Waals surface area (Å²) in [4.78, 5) is 12.6. The molecule has 0 saturated carbocycles. The number of benzene rings is 2. The van der Waals surface area contributed by atoms with E-state index in [0.29, 0.717) is 19.8 Å². The minimum atomic E-state index is -0.456. The zero-order valence-electron chi connectivity index (χ0n) is 14.4. The Balaban J connectivity index is 1.81. The van der Waals surface area contributed by atoms with E-state index in [-0.39, 0.29) is 11.9 Å². The van der Waals surface area contributed by atoms with E-state index in [1.165, 1.54) is 0 Å². The van der Waals surface area contributed by atoms with Crippen LogP contribution in [0.4, 0.5) is 0 Å². The zero-order chi connectivity index (χ0) is 17.5. The maximum Gasteiger partial charge on any atom is 0.251 e. The van der Waals surface area contributed by atoms with Gasteiger partial charge in [-0.1, -0.05) is 42.5 Å². The number of nitrogens with one attached hydrogen (secondary N) is 2. The molecule has 3 rings (SSSR count). The third-order valence-electron chi connectivity index (χ3n) is 4.16. The predicted molar refractivity (Wildman–Crippen MR) is 96.6 cm³/mol. The van der Waals surface area contributed by atoms with Gasteiger partial charge in [0, 0.05) is 13.1 Å². The molecule has 1 amide bonds. The summed E-state index contributed by atoms with van der Waals surface area (Å²) in [6.45, 7) is 4.46. The maximum absolute atomic E-state index is 12.6. The number of hydrogen-bond acceptors (Lipinski definition) is 4. The van der Waals surface area contributed by atoms with Gasteiger partial charge in [-0.25, -0.2) is 0 Å². The molecule has 2 aromatic carbocycles. The Morgan fingerprint density at radius 2 is 1.92 bits per heavy atom. The average Bonchev–Trinajstić information content (AvgIpc) is 2.68. The van der Waals surface area contributed by atoms with Crippen LogP contribution in [0.2, 0.25) is 0 Å². The van der Waals surface area contributed by atoms with Crippen molar-refractivity contribution in [3.05, 3.63) is 65.7 Å². The van der Waals surface area contributed by atoms with E-state index in [4.69, 9.17) is 9.47 Å². The normalized spacial score (nSPS) is 18.4. The van der Waals surface area contributed by atoms with Gasteiger partial charge in [0.1, 0.15) is 11.9 Å². The van der Waals surface area contributed by atoms with E-state index < -0.39 is 6.10 Å². The van der Waals surface area contributed by atoms with Crippen molar-refractivity contribution >= 4 is 5.91 Å². The van der Waals surface area contributed by atoms with E-state index in [1.807, 2.05) is 61.5 Å². The number of amides is 1. The fourth-order valence-corrected chi connectivity index (χ4v) is 2.90. The van der Waals surface area contributed by atoms with Crippen molar-refractivity contribution in [1.82, 2.24) is 10.6 Å². The van der Waals surface area contributed by atoms with Crippen LogP contribution in [0.3, 0.4) is 0 Å². The molecule has 0 spiro atoms. The van der Waals surface area contributed by atoms with Crippen molar-refractivity contribution < 1.29 is 14.3 Å². The summed E-state index contributed by atoms with van der Waals surface area (Å²) < 4.78 is 11.1. The molecule has 25 heavy (non-hydrogen) atoms. The molecule has 2 atom stereocenters. The van der Waals surface area contributed by atoms with Crippen LogP contribution in [0.25, 0.3) is 0 Å². The van der Waals surface area contributed by atoms with Crippen molar-refractivity contribution in [3.63, 3.8) is 0 Å². The van der Waals surface area contributed by atoms with E-state index >= 15 is 0 Å². The average molecular weight is 340 g/mol. The van der Waals surface area contributed by atoms with Crippen LogP contribution in [0.5, 0.6) is 5.75 Å². The molecule has 1 aliphatic rings. The Hall–Kier alpha value is -2.37. The van der Waals surface area contributed by atoms with Crippen LogP contribution in [-0.2, 0) is 9.53 Å². The molecular weight excluding hydrogens is 316 g/mol. The monoisotopic (exact) mass is 340 g/mol. The number of carbonyl (C=O) groups is 1. The summed E-state index contributed by atoms with van der Waals surface area (Å²) in [5.41, 5.74) is 2.04. The van der Waals surface area contributed by atoms with Crippen molar-refractivity contribution in [1.29, 1.82) is 0 Å². The molecule has 0 bridgehead atoms. The van der Waals surface area contributed by atoms with Crippen molar-refractivity contribution in [3.8, 4) is 5.75 Å². The Morgan fingerprint density at radius 1 is 1.20 bits per heavy atom. The molecule has 0 unspecified atom stereocenters. The van der Waals surface area contributed by atoms with Crippen LogP contribution < -0.4 is 15.4 Å². The van der Waals surface area contributed by atoms with E-state index in [9.17, 15) is 4.79 Å². The second kappa shape index (κ2) is 8.65. The maximum atomic E-state index is 12.6. The van der Waals surface area contributed by atoms with Gasteiger partial charge in [-0.2, -0.15) is 0 Å². The first-order chi connectivity index (χ1) is 12.3. The molecule has 0 radical (unpaired) electrons. The smallest absolute Gasteiger partial charge is 0.251 e. The van der Waals surface area contributed by atoms with Gasteiger partial charge >= 0.3 is 0 Å². The molecule has 5 heteroatoms. The number of carbonyl (C=O) groups excluding carboxylic acids is 1. The lowest BCUT2D eigenvalue weighted by atomic mass is 9.98. The van der Waals surface area contributed by atoms with Gasteiger partial charge in [-0.05, 0) is 30.2 Å². The van der Waals surface area contributed by atoms with Crippen LogP contribution in [0, 0.1) is 0 Å². The summed E-state index contributed by atoms with van der Waals surface area (Å²) in [5.74, 6) is 0.721. The fourth-order valence-electron chi connectivity index (χ4n) is 2.90. The topological polar surface area (TPSA) is 59.6 Å². The first-order valence-corrected chi connectivity index (χ1v) is 8.68. The summed E-state index contributed by atoms with van der Waals surface area (Å²) >= 11 is 0. The quantitative estimate of drug-likeness (QED) is 0.847. The van der Waals surface area contributed by atoms with Crippen LogP contribution in [0.15, 0.2) is 54.6 Å². The van der Waals surface area contributed by atoms with Gasteiger partial charge in [0.15, 0.2) is 0 Å². The molecule has 0 aromatic heterocycles. The second-order valence-electron chi connectivity index (χ2n) is 5.92. The largest absolute Gasteiger partial charge is 0.494 e. The minimum absolute atomic E-state index is 0.102. The highest BCUT2D eigenvalue weighted by atomic mass is 16.5. The van der Waals surface area contributed by atoms with Crippen molar-refractivity contribution in [2.45, 2.75) is 19.1 Å². The Kier molecular flexibility index (Phi) is 6.04. The van der Waals surface area contributed by atoms with Crippen LogP contribution in [0.1, 0.15) is 24.1 Å². The third-order valence-corrected chi connectivity index (χ3v) is 4.16.